The molecule has 0 unspecified atom stereocenters. The normalized spacial score (nSPS) is 15.5. The third kappa shape index (κ3) is 2.77. The molecular formula is C11H9F3N2O. The van der Waals surface area contributed by atoms with Crippen LogP contribution in [0.1, 0.15) is 5.56 Å². The van der Waals surface area contributed by atoms with Crippen molar-refractivity contribution in [3.05, 3.63) is 41.6 Å². The summed E-state index contributed by atoms with van der Waals surface area (Å²) in [5.41, 5.74) is 0.452. The van der Waals surface area contributed by atoms with Gasteiger partial charge >= 0.3 is 6.18 Å². The zero-order valence-corrected chi connectivity index (χ0v) is 8.64. The fourth-order valence-electron chi connectivity index (χ4n) is 1.45. The van der Waals surface area contributed by atoms with Crippen LogP contribution in [0.4, 0.5) is 18.9 Å². The van der Waals surface area contributed by atoms with Crippen LogP contribution < -0.4 is 10.6 Å². The molecule has 0 aliphatic carbocycles. The van der Waals surface area contributed by atoms with Crippen molar-refractivity contribution in [2.45, 2.75) is 6.18 Å². The Morgan fingerprint density at radius 2 is 1.82 bits per heavy atom. The Morgan fingerprint density at radius 3 is 2.29 bits per heavy atom. The van der Waals surface area contributed by atoms with Gasteiger partial charge < -0.3 is 10.6 Å². The summed E-state index contributed by atoms with van der Waals surface area (Å²) >= 11 is 0. The van der Waals surface area contributed by atoms with Crippen molar-refractivity contribution in [2.24, 2.45) is 0 Å². The van der Waals surface area contributed by atoms with E-state index in [0.29, 0.717) is 17.9 Å². The molecule has 0 spiro atoms. The number of amides is 1. The highest BCUT2D eigenvalue weighted by Gasteiger charge is 2.29. The van der Waals surface area contributed by atoms with Gasteiger partial charge in [0.25, 0.3) is 0 Å². The number of halogens is 3. The van der Waals surface area contributed by atoms with Crippen LogP contribution in [0.15, 0.2) is 36.0 Å². The fraction of sp³-hybridized carbons (Fsp3) is 0.182. The molecule has 6 heteroatoms. The van der Waals surface area contributed by atoms with Gasteiger partial charge in [-0.1, -0.05) is 0 Å². The van der Waals surface area contributed by atoms with Gasteiger partial charge in [0, 0.05) is 17.5 Å². The first kappa shape index (κ1) is 11.5. The Balaban J connectivity index is 2.09. The number of hydrogen-bond acceptors (Lipinski definition) is 2. The Bertz CT molecular complexity index is 463. The van der Waals surface area contributed by atoms with E-state index in [1.807, 2.05) is 0 Å². The maximum atomic E-state index is 12.3. The molecule has 3 nitrogen and oxygen atoms in total. The Morgan fingerprint density at radius 1 is 1.18 bits per heavy atom. The van der Waals surface area contributed by atoms with Crippen LogP contribution in [0, 0.1) is 0 Å². The lowest BCUT2D eigenvalue weighted by Crippen LogP contribution is -2.16. The number of nitrogens with one attached hydrogen (secondary N) is 2. The first-order chi connectivity index (χ1) is 7.95. The first-order valence-corrected chi connectivity index (χ1v) is 4.88. The van der Waals surface area contributed by atoms with Gasteiger partial charge in [-0.05, 0) is 24.3 Å². The monoisotopic (exact) mass is 242 g/mol. The molecule has 1 amide bonds. The van der Waals surface area contributed by atoms with Gasteiger partial charge in [-0.15, -0.1) is 0 Å². The van der Waals surface area contributed by atoms with Crippen LogP contribution in [0.25, 0.3) is 0 Å². The highest BCUT2D eigenvalue weighted by Crippen LogP contribution is 2.29. The minimum atomic E-state index is -4.33. The van der Waals surface area contributed by atoms with Crippen molar-refractivity contribution in [1.29, 1.82) is 0 Å². The van der Waals surface area contributed by atoms with Crippen LogP contribution in [-0.4, -0.2) is 12.5 Å². The van der Waals surface area contributed by atoms with Gasteiger partial charge in [0.2, 0.25) is 5.91 Å². The second kappa shape index (κ2) is 4.12. The predicted molar refractivity (Wildman–Crippen MR) is 56.2 cm³/mol. The van der Waals surface area contributed by atoms with E-state index in [9.17, 15) is 18.0 Å². The smallest absolute Gasteiger partial charge is 0.357 e. The highest BCUT2D eigenvalue weighted by molar-refractivity contribution is 5.91. The van der Waals surface area contributed by atoms with Gasteiger partial charge in [-0.2, -0.15) is 13.2 Å². The number of carbonyl (C=O) groups excluding carboxylic acids is 1. The number of hydrogen-bond donors (Lipinski definition) is 2. The summed E-state index contributed by atoms with van der Waals surface area (Å²) in [6.45, 7) is 0.361. The summed E-state index contributed by atoms with van der Waals surface area (Å²) in [6.07, 6.45) is -2.96. The number of alkyl halides is 3. The lowest BCUT2D eigenvalue weighted by molar-refractivity contribution is -0.137. The average Bonchev–Trinajstić information content (AvgIpc) is 2.63. The summed E-state index contributed by atoms with van der Waals surface area (Å²) in [4.78, 5) is 10.9. The molecule has 17 heavy (non-hydrogen) atoms. The van der Waals surface area contributed by atoms with E-state index in [2.05, 4.69) is 10.6 Å². The van der Waals surface area contributed by atoms with Crippen LogP contribution in [-0.2, 0) is 11.0 Å². The van der Waals surface area contributed by atoms with E-state index in [1.54, 1.807) is 0 Å². The van der Waals surface area contributed by atoms with E-state index in [-0.39, 0.29) is 5.91 Å². The number of anilines is 1. The van der Waals surface area contributed by atoms with Crippen LogP contribution in [0.5, 0.6) is 0 Å². The lowest BCUT2D eigenvalue weighted by atomic mass is 10.2. The molecule has 1 heterocycles. The molecular weight excluding hydrogens is 233 g/mol. The van der Waals surface area contributed by atoms with E-state index < -0.39 is 11.7 Å². The van der Waals surface area contributed by atoms with E-state index in [1.165, 1.54) is 18.2 Å². The lowest BCUT2D eigenvalue weighted by Gasteiger charge is -2.09. The van der Waals surface area contributed by atoms with Crippen molar-refractivity contribution in [3.63, 3.8) is 0 Å². The van der Waals surface area contributed by atoms with Gasteiger partial charge in [-0.3, -0.25) is 4.79 Å². The largest absolute Gasteiger partial charge is 0.416 e. The molecule has 2 rings (SSSR count). The van der Waals surface area contributed by atoms with Crippen molar-refractivity contribution in [3.8, 4) is 0 Å². The molecule has 90 valence electrons. The molecule has 0 aromatic heterocycles. The molecule has 0 saturated heterocycles. The molecule has 1 aromatic rings. The Hall–Kier alpha value is -1.98. The summed E-state index contributed by atoms with van der Waals surface area (Å²) < 4.78 is 36.9. The maximum absolute atomic E-state index is 12.3. The van der Waals surface area contributed by atoms with Gasteiger partial charge in [0.15, 0.2) is 0 Å². The summed E-state index contributed by atoms with van der Waals surface area (Å²) in [7, 11) is 0. The second-order valence-electron chi connectivity index (χ2n) is 3.59. The zero-order chi connectivity index (χ0) is 12.5. The van der Waals surface area contributed by atoms with E-state index in [4.69, 9.17) is 0 Å². The van der Waals surface area contributed by atoms with Crippen molar-refractivity contribution in [1.82, 2.24) is 5.32 Å². The van der Waals surface area contributed by atoms with Crippen molar-refractivity contribution < 1.29 is 18.0 Å². The Kier molecular flexibility index (Phi) is 2.79. The average molecular weight is 242 g/mol. The van der Waals surface area contributed by atoms with Crippen molar-refractivity contribution in [2.75, 3.05) is 11.9 Å². The standard InChI is InChI=1S/C11H9F3N2O/c12-11(13,14)7-1-3-8(4-2-7)16-9-5-10(17)15-6-9/h1-5,16H,6H2,(H,15,17). The molecule has 1 aromatic carbocycles. The summed E-state index contributed by atoms with van der Waals surface area (Å²) in [5, 5.41) is 5.41. The van der Waals surface area contributed by atoms with E-state index >= 15 is 0 Å². The van der Waals surface area contributed by atoms with Gasteiger partial charge in [0.1, 0.15) is 0 Å². The minimum Gasteiger partial charge on any atom is -0.357 e. The molecule has 0 saturated carbocycles. The summed E-state index contributed by atoms with van der Waals surface area (Å²) in [5.74, 6) is -0.209. The Labute approximate surface area is 95.3 Å². The third-order valence-corrected chi connectivity index (χ3v) is 2.28. The molecule has 1 aliphatic heterocycles. The highest BCUT2D eigenvalue weighted by atomic mass is 19.4. The quantitative estimate of drug-likeness (QED) is 0.834. The summed E-state index contributed by atoms with van der Waals surface area (Å²) in [6, 6.07) is 4.64. The minimum absolute atomic E-state index is 0.209. The number of carbonyl (C=O) groups is 1. The molecule has 1 aliphatic rings. The topological polar surface area (TPSA) is 41.1 Å². The van der Waals surface area contributed by atoms with Gasteiger partial charge in [-0.25, -0.2) is 0 Å². The SMILES string of the molecule is O=C1C=C(Nc2ccc(C(F)(F)F)cc2)CN1. The van der Waals surface area contributed by atoms with Crippen LogP contribution in [0.3, 0.4) is 0 Å². The van der Waals surface area contributed by atoms with Gasteiger partial charge in [0.05, 0.1) is 12.1 Å². The molecule has 0 atom stereocenters. The predicted octanol–water partition coefficient (Wildman–Crippen LogP) is 2.13. The number of rotatable bonds is 2. The molecule has 0 bridgehead atoms. The molecule has 0 radical (unpaired) electrons. The fourth-order valence-corrected chi connectivity index (χ4v) is 1.45. The molecule has 0 fully saturated rings. The van der Waals surface area contributed by atoms with Crippen LogP contribution in [0.2, 0.25) is 0 Å². The van der Waals surface area contributed by atoms with Crippen LogP contribution >= 0.6 is 0 Å². The van der Waals surface area contributed by atoms with Crippen molar-refractivity contribution >= 4 is 11.6 Å². The second-order valence-corrected chi connectivity index (χ2v) is 3.59. The zero-order valence-electron chi connectivity index (χ0n) is 8.64. The van der Waals surface area contributed by atoms with E-state index in [0.717, 1.165) is 12.1 Å². The maximum Gasteiger partial charge on any atom is 0.416 e. The number of benzene rings is 1. The first-order valence-electron chi connectivity index (χ1n) is 4.88. The molecule has 2 N–H and O–H groups in total. The third-order valence-electron chi connectivity index (χ3n) is 2.28.